The van der Waals surface area contributed by atoms with Gasteiger partial charge in [-0.3, -0.25) is 0 Å². The first-order valence-corrected chi connectivity index (χ1v) is 8.47. The highest BCUT2D eigenvalue weighted by atomic mass is 32.2. The van der Waals surface area contributed by atoms with Crippen LogP contribution in [-0.2, 0) is 16.4 Å². The number of aliphatic hydroxyl groups excluding tert-OH is 1. The minimum atomic E-state index is -3.42. The van der Waals surface area contributed by atoms with Gasteiger partial charge < -0.3 is 5.11 Å². The molecule has 1 aromatic rings. The molecule has 1 saturated heterocycles. The molecule has 0 bridgehead atoms. The van der Waals surface area contributed by atoms with E-state index in [1.807, 2.05) is 19.9 Å². The van der Waals surface area contributed by atoms with E-state index in [2.05, 4.69) is 0 Å². The number of hydrogen-bond donors (Lipinski definition) is 1. The first kappa shape index (κ1) is 14.0. The quantitative estimate of drug-likeness (QED) is 0.921. The first-order valence-electron chi connectivity index (χ1n) is 6.22. The predicted molar refractivity (Wildman–Crippen MR) is 72.2 cm³/mol. The van der Waals surface area contributed by atoms with E-state index in [0.29, 0.717) is 17.2 Å². The lowest BCUT2D eigenvalue weighted by atomic mass is 9.98. The molecule has 2 heterocycles. The first-order chi connectivity index (χ1) is 8.45. The Morgan fingerprint density at radius 3 is 2.78 bits per heavy atom. The maximum Gasteiger partial charge on any atom is 0.252 e. The molecule has 1 aliphatic heterocycles. The van der Waals surface area contributed by atoms with Crippen LogP contribution < -0.4 is 0 Å². The normalized spacial score (nSPS) is 26.4. The van der Waals surface area contributed by atoms with Gasteiger partial charge in [0.2, 0.25) is 0 Å². The number of piperidine rings is 1. The average molecular weight is 289 g/mol. The Hall–Kier alpha value is -0.430. The summed E-state index contributed by atoms with van der Waals surface area (Å²) >= 11 is 1.32. The van der Waals surface area contributed by atoms with Gasteiger partial charge in [-0.05, 0) is 30.9 Å². The molecule has 2 atom stereocenters. The van der Waals surface area contributed by atoms with E-state index in [4.69, 9.17) is 0 Å². The molecule has 18 heavy (non-hydrogen) atoms. The van der Waals surface area contributed by atoms with Crippen LogP contribution in [0.1, 0.15) is 25.1 Å². The fourth-order valence-electron chi connectivity index (χ4n) is 2.05. The largest absolute Gasteiger partial charge is 0.391 e. The minimum Gasteiger partial charge on any atom is -0.391 e. The zero-order valence-corrected chi connectivity index (χ0v) is 12.3. The molecule has 6 heteroatoms. The fraction of sp³-hybridized carbons (Fsp3) is 0.667. The van der Waals surface area contributed by atoms with Gasteiger partial charge in [-0.2, -0.15) is 4.31 Å². The zero-order valence-electron chi connectivity index (χ0n) is 10.7. The molecular weight excluding hydrogens is 270 g/mol. The topological polar surface area (TPSA) is 57.6 Å². The van der Waals surface area contributed by atoms with Crippen LogP contribution in [-0.4, -0.2) is 37.0 Å². The highest BCUT2D eigenvalue weighted by Crippen LogP contribution is 2.28. The number of nitrogens with zero attached hydrogens (tertiary/aromatic N) is 1. The Morgan fingerprint density at radius 1 is 1.50 bits per heavy atom. The molecule has 0 aliphatic carbocycles. The second-order valence-electron chi connectivity index (χ2n) is 4.77. The van der Waals surface area contributed by atoms with Crippen LogP contribution in [0.5, 0.6) is 0 Å². The molecule has 1 aliphatic rings. The molecule has 2 unspecified atom stereocenters. The minimum absolute atomic E-state index is 0.172. The van der Waals surface area contributed by atoms with Gasteiger partial charge in [-0.25, -0.2) is 8.42 Å². The van der Waals surface area contributed by atoms with Gasteiger partial charge in [0.25, 0.3) is 10.0 Å². The molecule has 0 spiro atoms. The SMILES string of the molecule is CCc1ccc(S(=O)(=O)N2CCC(C)C(O)C2)s1. The summed E-state index contributed by atoms with van der Waals surface area (Å²) in [5, 5.41) is 9.81. The van der Waals surface area contributed by atoms with E-state index >= 15 is 0 Å². The predicted octanol–water partition coefficient (Wildman–Crippen LogP) is 1.70. The van der Waals surface area contributed by atoms with Crippen molar-refractivity contribution in [3.05, 3.63) is 17.0 Å². The third-order valence-corrected chi connectivity index (χ3v) is 7.02. The van der Waals surface area contributed by atoms with Crippen LogP contribution in [0.3, 0.4) is 0 Å². The van der Waals surface area contributed by atoms with Crippen LogP contribution in [0.25, 0.3) is 0 Å². The van der Waals surface area contributed by atoms with E-state index in [1.165, 1.54) is 15.6 Å². The summed E-state index contributed by atoms with van der Waals surface area (Å²) in [6, 6.07) is 3.53. The van der Waals surface area contributed by atoms with Crippen LogP contribution in [0.4, 0.5) is 0 Å². The number of hydrogen-bond acceptors (Lipinski definition) is 4. The summed E-state index contributed by atoms with van der Waals surface area (Å²) in [6.45, 7) is 4.67. The molecule has 0 radical (unpaired) electrons. The number of β-amino-alcohol motifs (C(OH)–C–C–N with tert-alkyl or cyclic N) is 1. The van der Waals surface area contributed by atoms with E-state index in [1.54, 1.807) is 6.07 Å². The van der Waals surface area contributed by atoms with Gasteiger partial charge in [0.1, 0.15) is 4.21 Å². The number of aryl methyl sites for hydroxylation is 1. The lowest BCUT2D eigenvalue weighted by molar-refractivity contribution is 0.0606. The molecule has 0 aromatic carbocycles. The van der Waals surface area contributed by atoms with Crippen LogP contribution in [0.2, 0.25) is 0 Å². The molecule has 4 nitrogen and oxygen atoms in total. The number of rotatable bonds is 3. The fourth-order valence-corrected chi connectivity index (χ4v) is 4.98. The second-order valence-corrected chi connectivity index (χ2v) is 8.10. The Balaban J connectivity index is 2.21. The van der Waals surface area contributed by atoms with Crippen molar-refractivity contribution >= 4 is 21.4 Å². The van der Waals surface area contributed by atoms with Crippen molar-refractivity contribution in [3.63, 3.8) is 0 Å². The number of thiophene rings is 1. The van der Waals surface area contributed by atoms with Crippen molar-refractivity contribution in [2.75, 3.05) is 13.1 Å². The molecule has 102 valence electrons. The van der Waals surface area contributed by atoms with Gasteiger partial charge in [0, 0.05) is 18.0 Å². The van der Waals surface area contributed by atoms with Gasteiger partial charge in [0.05, 0.1) is 6.10 Å². The van der Waals surface area contributed by atoms with Crippen molar-refractivity contribution in [2.45, 2.75) is 37.0 Å². The lowest BCUT2D eigenvalue weighted by Gasteiger charge is -2.32. The average Bonchev–Trinajstić information content (AvgIpc) is 2.81. The molecule has 0 saturated carbocycles. The summed E-state index contributed by atoms with van der Waals surface area (Å²) in [4.78, 5) is 1.07. The summed E-state index contributed by atoms with van der Waals surface area (Å²) < 4.78 is 26.6. The van der Waals surface area contributed by atoms with Gasteiger partial charge in [0.15, 0.2) is 0 Å². The second kappa shape index (κ2) is 5.28. The van der Waals surface area contributed by atoms with Crippen molar-refractivity contribution < 1.29 is 13.5 Å². The maximum atomic E-state index is 12.4. The van der Waals surface area contributed by atoms with E-state index in [-0.39, 0.29) is 12.5 Å². The van der Waals surface area contributed by atoms with E-state index in [9.17, 15) is 13.5 Å². The monoisotopic (exact) mass is 289 g/mol. The Labute approximate surface area is 112 Å². The Bertz CT molecular complexity index is 509. The van der Waals surface area contributed by atoms with Gasteiger partial charge in [-0.15, -0.1) is 11.3 Å². The molecule has 2 rings (SSSR count). The maximum absolute atomic E-state index is 12.4. The summed E-state index contributed by atoms with van der Waals surface area (Å²) in [5.74, 6) is 0.172. The molecule has 0 amide bonds. The van der Waals surface area contributed by atoms with Crippen molar-refractivity contribution in [1.29, 1.82) is 0 Å². The third-order valence-electron chi connectivity index (χ3n) is 3.46. The molecule has 1 fully saturated rings. The van der Waals surface area contributed by atoms with E-state index in [0.717, 1.165) is 11.3 Å². The van der Waals surface area contributed by atoms with Crippen molar-refractivity contribution in [1.82, 2.24) is 4.31 Å². The van der Waals surface area contributed by atoms with Gasteiger partial charge >= 0.3 is 0 Å². The van der Waals surface area contributed by atoms with Crippen LogP contribution >= 0.6 is 11.3 Å². The van der Waals surface area contributed by atoms with Gasteiger partial charge in [-0.1, -0.05) is 13.8 Å². The number of sulfonamides is 1. The summed E-state index contributed by atoms with van der Waals surface area (Å²) in [5.41, 5.74) is 0. The third kappa shape index (κ3) is 2.61. The highest BCUT2D eigenvalue weighted by Gasteiger charge is 2.33. The Morgan fingerprint density at radius 2 is 2.22 bits per heavy atom. The standard InChI is InChI=1S/C12H19NO3S2/c1-3-10-4-5-12(17-10)18(15,16)13-7-6-9(2)11(14)8-13/h4-5,9,11,14H,3,6-8H2,1-2H3. The van der Waals surface area contributed by atoms with Crippen LogP contribution in [0.15, 0.2) is 16.3 Å². The molecule has 1 aromatic heterocycles. The zero-order chi connectivity index (χ0) is 13.3. The molecule has 1 N–H and O–H groups in total. The summed E-state index contributed by atoms with van der Waals surface area (Å²) in [6.07, 6.45) is 1.01. The lowest BCUT2D eigenvalue weighted by Crippen LogP contribution is -2.45. The highest BCUT2D eigenvalue weighted by molar-refractivity contribution is 7.91. The Kier molecular flexibility index (Phi) is 4.11. The summed E-state index contributed by atoms with van der Waals surface area (Å²) in [7, 11) is -3.42. The van der Waals surface area contributed by atoms with E-state index < -0.39 is 16.1 Å². The van der Waals surface area contributed by atoms with Crippen molar-refractivity contribution in [2.24, 2.45) is 5.92 Å². The van der Waals surface area contributed by atoms with Crippen molar-refractivity contribution in [3.8, 4) is 0 Å². The molecular formula is C12H19NO3S2. The number of aliphatic hydroxyl groups is 1. The van der Waals surface area contributed by atoms with Crippen LogP contribution in [0, 0.1) is 5.92 Å². The smallest absolute Gasteiger partial charge is 0.252 e.